The molecule has 2 aromatic heterocycles. The number of nitrogen functional groups attached to an aromatic ring is 1. The van der Waals surface area contributed by atoms with Crippen LogP contribution in [-0.2, 0) is 0 Å². The molecule has 0 aliphatic heterocycles. The van der Waals surface area contributed by atoms with Crippen molar-refractivity contribution in [2.24, 2.45) is 0 Å². The molecule has 2 N–H and O–H groups in total. The minimum absolute atomic E-state index is 0.594. The predicted octanol–water partition coefficient (Wildman–Crippen LogP) is 2.29. The third-order valence-corrected chi connectivity index (χ3v) is 2.60. The van der Waals surface area contributed by atoms with Crippen molar-refractivity contribution >= 4 is 17.0 Å². The van der Waals surface area contributed by atoms with Gasteiger partial charge >= 0.3 is 0 Å². The van der Waals surface area contributed by atoms with E-state index in [1.165, 1.54) is 11.8 Å². The topological polar surface area (TPSA) is 52.0 Å². The lowest BCUT2D eigenvalue weighted by Gasteiger charge is -1.88. The minimum atomic E-state index is 0.594. The molecule has 0 saturated heterocycles. The van der Waals surface area contributed by atoms with Crippen LogP contribution in [0.1, 0.15) is 5.56 Å². The molecule has 3 nitrogen and oxygen atoms in total. The van der Waals surface area contributed by atoms with Crippen LogP contribution >= 0.6 is 11.3 Å². The summed E-state index contributed by atoms with van der Waals surface area (Å²) in [5.74, 6) is 0.674. The Balaban J connectivity index is 2.50. The highest BCUT2D eigenvalue weighted by Crippen LogP contribution is 2.30. The molecule has 0 amide bonds. The van der Waals surface area contributed by atoms with Crippen LogP contribution in [0.5, 0.6) is 0 Å². The largest absolute Gasteiger partial charge is 0.394 e. The van der Waals surface area contributed by atoms with Gasteiger partial charge in [0.05, 0.1) is 11.1 Å². The van der Waals surface area contributed by atoms with E-state index < -0.39 is 0 Å². The molecule has 2 aromatic rings. The molecule has 0 spiro atoms. The van der Waals surface area contributed by atoms with Gasteiger partial charge in [0.25, 0.3) is 0 Å². The third-order valence-electron chi connectivity index (χ3n) is 1.55. The van der Waals surface area contributed by atoms with Gasteiger partial charge in [0.1, 0.15) is 5.69 Å². The number of nitrogens with zero attached hydrogens (tertiary/aromatic N) is 1. The number of thiophene rings is 1. The second-order valence-electron chi connectivity index (χ2n) is 2.60. The molecule has 12 heavy (non-hydrogen) atoms. The summed E-state index contributed by atoms with van der Waals surface area (Å²) >= 11 is 1.61. The van der Waals surface area contributed by atoms with Gasteiger partial charge < -0.3 is 10.3 Å². The summed E-state index contributed by atoms with van der Waals surface area (Å²) in [6.07, 6.45) is 1.52. The van der Waals surface area contributed by atoms with Gasteiger partial charge in [-0.25, -0.2) is 0 Å². The van der Waals surface area contributed by atoms with Crippen molar-refractivity contribution in [1.29, 1.82) is 0 Å². The maximum Gasteiger partial charge on any atom is 0.199 e. The smallest absolute Gasteiger partial charge is 0.199 e. The third kappa shape index (κ3) is 1.10. The molecule has 0 unspecified atom stereocenters. The first-order chi connectivity index (χ1) is 5.77. The Morgan fingerprint density at radius 3 is 2.92 bits per heavy atom. The number of hydrogen-bond acceptors (Lipinski definition) is 4. The Labute approximate surface area is 73.8 Å². The van der Waals surface area contributed by atoms with Crippen LogP contribution in [0.25, 0.3) is 10.6 Å². The SMILES string of the molecule is Cc1csc(-c2oncc2N)c1. The molecule has 2 rings (SSSR count). The second kappa shape index (κ2) is 2.64. The highest BCUT2D eigenvalue weighted by atomic mass is 32.1. The second-order valence-corrected chi connectivity index (χ2v) is 3.51. The van der Waals surface area contributed by atoms with Crippen molar-refractivity contribution in [3.8, 4) is 10.6 Å². The minimum Gasteiger partial charge on any atom is -0.394 e. The molecule has 0 aliphatic rings. The van der Waals surface area contributed by atoms with E-state index in [-0.39, 0.29) is 0 Å². The summed E-state index contributed by atoms with van der Waals surface area (Å²) in [5, 5.41) is 5.67. The quantitative estimate of drug-likeness (QED) is 0.732. The van der Waals surface area contributed by atoms with Gasteiger partial charge in [-0.05, 0) is 23.9 Å². The lowest BCUT2D eigenvalue weighted by Crippen LogP contribution is -1.81. The molecular weight excluding hydrogens is 172 g/mol. The summed E-state index contributed by atoms with van der Waals surface area (Å²) in [4.78, 5) is 1.03. The number of aryl methyl sites for hydroxylation is 1. The van der Waals surface area contributed by atoms with Crippen LogP contribution in [0.3, 0.4) is 0 Å². The molecule has 2 heterocycles. The predicted molar refractivity (Wildman–Crippen MR) is 49.0 cm³/mol. The van der Waals surface area contributed by atoms with E-state index >= 15 is 0 Å². The van der Waals surface area contributed by atoms with E-state index in [0.717, 1.165) is 4.88 Å². The van der Waals surface area contributed by atoms with Crippen molar-refractivity contribution in [3.05, 3.63) is 23.2 Å². The lowest BCUT2D eigenvalue weighted by molar-refractivity contribution is 0.433. The lowest BCUT2D eigenvalue weighted by atomic mass is 10.3. The molecule has 62 valence electrons. The maximum absolute atomic E-state index is 5.63. The van der Waals surface area contributed by atoms with Crippen LogP contribution in [0.4, 0.5) is 5.69 Å². The van der Waals surface area contributed by atoms with Gasteiger partial charge in [-0.15, -0.1) is 11.3 Å². The molecule has 4 heteroatoms. The van der Waals surface area contributed by atoms with Crippen molar-refractivity contribution in [2.75, 3.05) is 5.73 Å². The molecular formula is C8H8N2OS. The normalized spacial score (nSPS) is 10.4. The van der Waals surface area contributed by atoms with Gasteiger partial charge in [-0.1, -0.05) is 5.16 Å². The van der Waals surface area contributed by atoms with E-state index in [4.69, 9.17) is 10.3 Å². The zero-order valence-electron chi connectivity index (χ0n) is 6.57. The Bertz CT molecular complexity index is 391. The van der Waals surface area contributed by atoms with E-state index in [9.17, 15) is 0 Å². The Kier molecular flexibility index (Phi) is 1.62. The molecule has 0 radical (unpaired) electrons. The molecule has 0 aromatic carbocycles. The van der Waals surface area contributed by atoms with E-state index in [1.807, 2.05) is 13.0 Å². The Morgan fingerprint density at radius 2 is 2.42 bits per heavy atom. The summed E-state index contributed by atoms with van der Waals surface area (Å²) < 4.78 is 5.00. The van der Waals surface area contributed by atoms with Crippen molar-refractivity contribution in [3.63, 3.8) is 0 Å². The standard InChI is InChI=1S/C8H8N2OS/c1-5-2-7(12-4-5)8-6(9)3-10-11-8/h2-4H,9H2,1H3. The van der Waals surface area contributed by atoms with Crippen LogP contribution in [0.15, 0.2) is 22.2 Å². The zero-order valence-corrected chi connectivity index (χ0v) is 7.39. The van der Waals surface area contributed by atoms with E-state index in [0.29, 0.717) is 11.4 Å². The van der Waals surface area contributed by atoms with Crippen molar-refractivity contribution in [2.45, 2.75) is 6.92 Å². The van der Waals surface area contributed by atoms with Crippen LogP contribution in [0.2, 0.25) is 0 Å². The summed E-state index contributed by atoms with van der Waals surface area (Å²) in [6, 6.07) is 2.03. The summed E-state index contributed by atoms with van der Waals surface area (Å²) in [5.41, 5.74) is 7.44. The van der Waals surface area contributed by atoms with Gasteiger partial charge in [0, 0.05) is 0 Å². The van der Waals surface area contributed by atoms with Gasteiger partial charge in [-0.2, -0.15) is 0 Å². The number of hydrogen-bond donors (Lipinski definition) is 1. The Morgan fingerprint density at radius 1 is 1.58 bits per heavy atom. The number of nitrogens with two attached hydrogens (primary N) is 1. The highest BCUT2D eigenvalue weighted by Gasteiger charge is 2.08. The monoisotopic (exact) mass is 180 g/mol. The van der Waals surface area contributed by atoms with Crippen LogP contribution < -0.4 is 5.73 Å². The highest BCUT2D eigenvalue weighted by molar-refractivity contribution is 7.13. The van der Waals surface area contributed by atoms with E-state index in [2.05, 4.69) is 10.5 Å². The first kappa shape index (κ1) is 7.36. The summed E-state index contributed by atoms with van der Waals surface area (Å²) in [7, 11) is 0. The first-order valence-electron chi connectivity index (χ1n) is 3.53. The fourth-order valence-electron chi connectivity index (χ4n) is 0.985. The van der Waals surface area contributed by atoms with Gasteiger partial charge in [0.15, 0.2) is 5.76 Å². The van der Waals surface area contributed by atoms with Crippen LogP contribution in [-0.4, -0.2) is 5.16 Å². The zero-order chi connectivity index (χ0) is 8.55. The maximum atomic E-state index is 5.63. The van der Waals surface area contributed by atoms with E-state index in [1.54, 1.807) is 11.3 Å². The molecule has 0 bridgehead atoms. The molecule has 0 aliphatic carbocycles. The fraction of sp³-hybridized carbons (Fsp3) is 0.125. The number of anilines is 1. The average molecular weight is 180 g/mol. The summed E-state index contributed by atoms with van der Waals surface area (Å²) in [6.45, 7) is 2.03. The molecule has 0 fully saturated rings. The number of rotatable bonds is 1. The van der Waals surface area contributed by atoms with Crippen LogP contribution in [0, 0.1) is 6.92 Å². The fourth-order valence-corrected chi connectivity index (χ4v) is 1.88. The van der Waals surface area contributed by atoms with Crippen molar-refractivity contribution < 1.29 is 4.52 Å². The number of aromatic nitrogens is 1. The van der Waals surface area contributed by atoms with Gasteiger partial charge in [0.2, 0.25) is 0 Å². The molecule has 0 atom stereocenters. The average Bonchev–Trinajstić information content (AvgIpc) is 2.58. The molecule has 0 saturated carbocycles. The van der Waals surface area contributed by atoms with Crippen molar-refractivity contribution in [1.82, 2.24) is 5.16 Å². The first-order valence-corrected chi connectivity index (χ1v) is 4.41. The Hall–Kier alpha value is -1.29. The van der Waals surface area contributed by atoms with Gasteiger partial charge in [-0.3, -0.25) is 0 Å².